The molecule has 1 aliphatic rings. The van der Waals surface area contributed by atoms with Crippen LogP contribution in [0.5, 0.6) is 11.5 Å². The van der Waals surface area contributed by atoms with Crippen molar-refractivity contribution in [2.45, 2.75) is 25.5 Å². The molecule has 16 heteroatoms. The van der Waals surface area contributed by atoms with Crippen molar-refractivity contribution in [2.24, 2.45) is 5.28 Å². The summed E-state index contributed by atoms with van der Waals surface area (Å²) in [5.74, 6) is -3.75. The first-order valence-corrected chi connectivity index (χ1v) is 8.62. The molecule has 0 aromatic heterocycles. The number of likely N-dealkylation sites (N-methyl/N-ethyl adjacent to an activating group) is 1. The number of carbonyl (C=O) groups excluding carboxylic acids is 1. The number of hydrogen-bond acceptors (Lipinski definition) is 8. The van der Waals surface area contributed by atoms with Crippen LogP contribution in [0.3, 0.4) is 0 Å². The van der Waals surface area contributed by atoms with Gasteiger partial charge in [-0.3, -0.25) is 0 Å². The number of benzene rings is 1. The van der Waals surface area contributed by atoms with Crippen LogP contribution < -0.4 is 9.47 Å². The van der Waals surface area contributed by atoms with Gasteiger partial charge in [0.05, 0.1) is 30.7 Å². The minimum Gasteiger partial charge on any atom is -0.569 e. The summed E-state index contributed by atoms with van der Waals surface area (Å²) in [5, 5.41) is 23.9. The Bertz CT molecular complexity index is 1030. The number of hydrogen-bond donors (Lipinski definition) is 1. The Hall–Kier alpha value is -3.43. The second-order valence-corrected chi connectivity index (χ2v) is 6.19. The Labute approximate surface area is 185 Å². The molecule has 1 heterocycles. The van der Waals surface area contributed by atoms with Gasteiger partial charge in [0.1, 0.15) is 11.5 Å². The zero-order valence-electron chi connectivity index (χ0n) is 19.4. The van der Waals surface area contributed by atoms with E-state index >= 15 is 0 Å². The molecular formula is C17H17F6N3O7. The highest BCUT2D eigenvalue weighted by molar-refractivity contribution is 5.96. The highest BCUT2D eigenvalue weighted by Gasteiger charge is 2.49. The summed E-state index contributed by atoms with van der Waals surface area (Å²) in [6.45, 7) is -4.98. The third kappa shape index (κ3) is 7.03. The first kappa shape index (κ1) is 21.4. The third-order valence-corrected chi connectivity index (χ3v) is 3.77. The second kappa shape index (κ2) is 10.0. The molecule has 1 aliphatic heterocycles. The van der Waals surface area contributed by atoms with Crippen molar-refractivity contribution in [3.63, 3.8) is 0 Å². The third-order valence-electron chi connectivity index (χ3n) is 3.77. The highest BCUT2D eigenvalue weighted by Crippen LogP contribution is 2.41. The molecule has 0 saturated heterocycles. The van der Waals surface area contributed by atoms with Crippen LogP contribution >= 0.6 is 0 Å². The number of ether oxygens (including phenoxy) is 3. The van der Waals surface area contributed by atoms with Crippen LogP contribution in [0.4, 0.5) is 26.3 Å². The number of aliphatic hydroxyl groups is 1. The van der Waals surface area contributed by atoms with Crippen LogP contribution in [0.15, 0.2) is 23.0 Å². The molecule has 0 amide bonds. The van der Waals surface area contributed by atoms with E-state index in [2.05, 4.69) is 19.6 Å². The molecule has 184 valence electrons. The van der Waals surface area contributed by atoms with E-state index in [9.17, 15) is 36.3 Å². The Morgan fingerprint density at radius 3 is 2.64 bits per heavy atom. The van der Waals surface area contributed by atoms with Gasteiger partial charge in [-0.05, 0) is 30.6 Å². The van der Waals surface area contributed by atoms with E-state index in [4.69, 9.17) is 14.0 Å². The summed E-state index contributed by atoms with van der Waals surface area (Å²) in [6, 6.07) is 0.873. The number of aliphatic hydroxyl groups excluding tert-OH is 1. The average molecular weight is 492 g/mol. The van der Waals surface area contributed by atoms with E-state index in [1.807, 2.05) is 0 Å². The smallest absolute Gasteiger partial charge is 0.569 e. The molecule has 1 atom stereocenters. The summed E-state index contributed by atoms with van der Waals surface area (Å²) in [5.41, 5.74) is -2.94. The Balaban J connectivity index is 2.40. The molecule has 10 nitrogen and oxygen atoms in total. The van der Waals surface area contributed by atoms with E-state index in [1.165, 1.54) is 7.05 Å². The zero-order chi connectivity index (χ0) is 27.5. The molecule has 1 aromatic carbocycles. The van der Waals surface area contributed by atoms with Crippen molar-refractivity contribution >= 4 is 12.0 Å². The number of rotatable bonds is 8. The van der Waals surface area contributed by atoms with Crippen LogP contribution in [0.2, 0.25) is 0 Å². The minimum absolute atomic E-state index is 0.161. The maximum atomic E-state index is 13.6. The monoisotopic (exact) mass is 492 g/mol. The SMILES string of the molecule is [2H]C([2H])([2H])c1cc(OC(F)(F)F)cc2c1O[C@H](C(F)(F)F)C(C(=O)OCO/N=[N+](\[O-])N(C)CCO)=C2. The van der Waals surface area contributed by atoms with Gasteiger partial charge in [-0.2, -0.15) is 13.2 Å². The summed E-state index contributed by atoms with van der Waals surface area (Å²) in [7, 11) is 1.20. The molecule has 0 spiro atoms. The molecule has 1 aromatic rings. The number of carbonyl (C=O) groups is 1. The Morgan fingerprint density at radius 1 is 1.36 bits per heavy atom. The number of alkyl halides is 6. The van der Waals surface area contributed by atoms with Gasteiger partial charge in [-0.15, -0.1) is 18.2 Å². The van der Waals surface area contributed by atoms with Gasteiger partial charge in [0.15, 0.2) is 0 Å². The van der Waals surface area contributed by atoms with Gasteiger partial charge >= 0.3 is 18.5 Å². The number of aryl methyl sites for hydroxylation is 1. The fourth-order valence-electron chi connectivity index (χ4n) is 2.42. The number of fused-ring (bicyclic) bond motifs is 1. The molecule has 0 bridgehead atoms. The first-order valence-electron chi connectivity index (χ1n) is 10.1. The van der Waals surface area contributed by atoms with E-state index in [1.54, 1.807) is 0 Å². The summed E-state index contributed by atoms with van der Waals surface area (Å²) >= 11 is 0. The van der Waals surface area contributed by atoms with Crippen LogP contribution in [-0.4, -0.2) is 66.7 Å². The fourth-order valence-corrected chi connectivity index (χ4v) is 2.42. The topological polar surface area (TPSA) is 116 Å². The minimum atomic E-state index is -5.29. The lowest BCUT2D eigenvalue weighted by Gasteiger charge is -2.29. The predicted octanol–water partition coefficient (Wildman–Crippen LogP) is 2.83. The fraction of sp³-hybridized carbons (Fsp3) is 0.471. The van der Waals surface area contributed by atoms with Crippen molar-refractivity contribution in [1.82, 2.24) is 5.01 Å². The van der Waals surface area contributed by atoms with Crippen LogP contribution in [0.1, 0.15) is 15.2 Å². The van der Waals surface area contributed by atoms with Crippen LogP contribution in [-0.2, 0) is 14.4 Å². The van der Waals surface area contributed by atoms with Crippen LogP contribution in [0, 0.1) is 12.1 Å². The zero-order valence-corrected chi connectivity index (χ0v) is 16.4. The first-order chi connectivity index (χ1) is 16.4. The lowest BCUT2D eigenvalue weighted by Crippen LogP contribution is -2.41. The Morgan fingerprint density at radius 2 is 2.06 bits per heavy atom. The normalized spacial score (nSPS) is 18.1. The van der Waals surface area contributed by atoms with E-state index in [0.29, 0.717) is 18.2 Å². The lowest BCUT2D eigenvalue weighted by molar-refractivity contribution is -0.706. The maximum Gasteiger partial charge on any atom is 0.573 e. The van der Waals surface area contributed by atoms with Gasteiger partial charge in [-0.1, -0.05) is 0 Å². The van der Waals surface area contributed by atoms with Crippen molar-refractivity contribution < 1.29 is 64.4 Å². The largest absolute Gasteiger partial charge is 0.573 e. The molecule has 0 aliphatic carbocycles. The van der Waals surface area contributed by atoms with Crippen molar-refractivity contribution in [2.75, 3.05) is 27.0 Å². The molecule has 0 radical (unpaired) electrons. The molecule has 0 saturated carbocycles. The predicted molar refractivity (Wildman–Crippen MR) is 94.1 cm³/mol. The van der Waals surface area contributed by atoms with Gasteiger partial charge in [0.25, 0.3) is 6.79 Å². The van der Waals surface area contributed by atoms with Gasteiger partial charge in [-0.25, -0.2) is 4.79 Å². The second-order valence-electron chi connectivity index (χ2n) is 6.19. The number of nitrogens with zero attached hydrogens (tertiary/aromatic N) is 3. The average Bonchev–Trinajstić information content (AvgIpc) is 2.72. The summed E-state index contributed by atoms with van der Waals surface area (Å²) in [4.78, 5) is 16.5. The summed E-state index contributed by atoms with van der Waals surface area (Å²) < 4.78 is 114. The van der Waals surface area contributed by atoms with E-state index in [-0.39, 0.29) is 11.5 Å². The van der Waals surface area contributed by atoms with Crippen LogP contribution in [0.25, 0.3) is 6.08 Å². The standard InChI is InChI=1S/C17H17F6N3O7/c1-9-5-11(33-17(21,22)23)6-10-7-12(14(16(18,19)20)32-13(9)10)15(28)30-8-31-24-26(29)25(2)3-4-27/h5-7,14,27H,3-4,8H2,1-2H3/b26-24-/t14-/m0/s1/i1D3. The number of esters is 1. The maximum absolute atomic E-state index is 13.6. The molecule has 1 N–H and O–H groups in total. The number of hydrazine groups is 1. The van der Waals surface area contributed by atoms with E-state index in [0.717, 1.165) is 5.01 Å². The summed E-state index contributed by atoms with van der Waals surface area (Å²) in [6.07, 6.45) is -13.2. The van der Waals surface area contributed by atoms with Gasteiger partial charge in [0.2, 0.25) is 11.4 Å². The van der Waals surface area contributed by atoms with Crippen molar-refractivity contribution in [3.8, 4) is 11.5 Å². The quantitative estimate of drug-likeness (QED) is 0.112. The molecule has 2 rings (SSSR count). The van der Waals surface area contributed by atoms with Gasteiger partial charge in [0, 0.05) is 9.68 Å². The van der Waals surface area contributed by atoms with Gasteiger partial charge < -0.3 is 29.4 Å². The molecule has 33 heavy (non-hydrogen) atoms. The Kier molecular flexibility index (Phi) is 6.50. The lowest BCUT2D eigenvalue weighted by atomic mass is 9.99. The molecular weight excluding hydrogens is 472 g/mol. The van der Waals surface area contributed by atoms with E-state index < -0.39 is 73.1 Å². The molecule has 0 fully saturated rings. The highest BCUT2D eigenvalue weighted by atomic mass is 19.4. The van der Waals surface area contributed by atoms with Crippen molar-refractivity contribution in [3.05, 3.63) is 34.0 Å². The van der Waals surface area contributed by atoms with Crippen molar-refractivity contribution in [1.29, 1.82) is 0 Å². The number of halogens is 6. The molecule has 0 unspecified atom stereocenters.